The Morgan fingerprint density at radius 2 is 1.76 bits per heavy atom. The van der Waals surface area contributed by atoms with Crippen LogP contribution in [0.2, 0.25) is 0 Å². The Morgan fingerprint density at radius 1 is 1.06 bits per heavy atom. The normalized spacial score (nSPS) is 25.5. The maximum absolute atomic E-state index is 2.45. The number of rotatable bonds is 4. The zero-order valence-corrected chi connectivity index (χ0v) is 11.2. The zero-order valence-electron chi connectivity index (χ0n) is 11.2. The standard InChI is InChI=1S/C16H22N/c1-4-17(5-2,6-3)15-11-10-14-12-8-7-9-13(12)16(14)15/h7,9-11,15H,4-6,8H2,1-3H3/q+1. The summed E-state index contributed by atoms with van der Waals surface area (Å²) in [5, 5.41) is 0. The van der Waals surface area contributed by atoms with E-state index in [0.29, 0.717) is 6.04 Å². The number of hydrogen-bond acceptors (Lipinski definition) is 0. The van der Waals surface area contributed by atoms with E-state index >= 15 is 0 Å². The first-order valence-electron chi connectivity index (χ1n) is 6.96. The number of quaternary nitrogens is 1. The van der Waals surface area contributed by atoms with E-state index < -0.39 is 0 Å². The summed E-state index contributed by atoms with van der Waals surface area (Å²) in [5.41, 5.74) is 6.36. The molecule has 0 aromatic carbocycles. The Morgan fingerprint density at radius 3 is 2.41 bits per heavy atom. The van der Waals surface area contributed by atoms with E-state index in [4.69, 9.17) is 0 Å². The molecule has 0 amide bonds. The third kappa shape index (κ3) is 1.23. The molecule has 3 aliphatic rings. The van der Waals surface area contributed by atoms with Gasteiger partial charge in [0.25, 0.3) is 0 Å². The second-order valence-corrected chi connectivity index (χ2v) is 5.30. The minimum Gasteiger partial charge on any atom is -0.315 e. The fourth-order valence-corrected chi connectivity index (χ4v) is 3.77. The van der Waals surface area contributed by atoms with Crippen LogP contribution in [0.3, 0.4) is 0 Å². The summed E-state index contributed by atoms with van der Waals surface area (Å²) in [6, 6.07) is 0.617. The fourth-order valence-electron chi connectivity index (χ4n) is 3.77. The summed E-state index contributed by atoms with van der Waals surface area (Å²) in [6.45, 7) is 10.7. The summed E-state index contributed by atoms with van der Waals surface area (Å²) in [6.07, 6.45) is 10.6. The van der Waals surface area contributed by atoms with Crippen molar-refractivity contribution in [3.05, 3.63) is 46.6 Å². The van der Waals surface area contributed by atoms with Gasteiger partial charge in [0, 0.05) is 5.57 Å². The van der Waals surface area contributed by atoms with E-state index in [1.54, 1.807) is 22.3 Å². The maximum atomic E-state index is 2.45. The molecule has 90 valence electrons. The van der Waals surface area contributed by atoms with Gasteiger partial charge in [0.05, 0.1) is 19.6 Å². The van der Waals surface area contributed by atoms with E-state index in [2.05, 4.69) is 45.1 Å². The van der Waals surface area contributed by atoms with Gasteiger partial charge in [0.1, 0.15) is 6.04 Å². The van der Waals surface area contributed by atoms with E-state index in [1.165, 1.54) is 24.1 Å². The Labute approximate surface area is 104 Å². The summed E-state index contributed by atoms with van der Waals surface area (Å²) < 4.78 is 1.21. The number of hydrogen-bond donors (Lipinski definition) is 0. The molecule has 0 N–H and O–H groups in total. The molecule has 0 spiro atoms. The SMILES string of the molecule is CC[N+](CC)(CC)C1C=CC2=C1C1=C2CC=C1. The highest BCUT2D eigenvalue weighted by molar-refractivity contribution is 5.75. The minimum absolute atomic E-state index is 0.617. The van der Waals surface area contributed by atoms with Crippen LogP contribution in [0.1, 0.15) is 27.2 Å². The van der Waals surface area contributed by atoms with Crippen molar-refractivity contribution < 1.29 is 4.48 Å². The van der Waals surface area contributed by atoms with E-state index in [9.17, 15) is 0 Å². The van der Waals surface area contributed by atoms with E-state index in [1.807, 2.05) is 0 Å². The highest BCUT2D eigenvalue weighted by Gasteiger charge is 2.44. The quantitative estimate of drug-likeness (QED) is 0.647. The van der Waals surface area contributed by atoms with Crippen molar-refractivity contribution in [1.82, 2.24) is 0 Å². The number of likely N-dealkylation sites (N-methyl/N-ethyl adjacent to an activating group) is 1. The lowest BCUT2D eigenvalue weighted by molar-refractivity contribution is -0.935. The summed E-state index contributed by atoms with van der Waals surface area (Å²) >= 11 is 0. The third-order valence-electron chi connectivity index (χ3n) is 5.06. The lowest BCUT2D eigenvalue weighted by Gasteiger charge is -2.43. The van der Waals surface area contributed by atoms with Crippen LogP contribution < -0.4 is 0 Å². The molecule has 3 rings (SSSR count). The molecule has 0 aromatic heterocycles. The van der Waals surface area contributed by atoms with Gasteiger partial charge < -0.3 is 4.48 Å². The molecule has 0 saturated heterocycles. The van der Waals surface area contributed by atoms with E-state index in [0.717, 1.165) is 6.42 Å². The molecule has 1 atom stereocenters. The zero-order chi connectivity index (χ0) is 12.0. The van der Waals surface area contributed by atoms with Crippen LogP contribution in [0.15, 0.2) is 46.6 Å². The average molecular weight is 228 g/mol. The first-order chi connectivity index (χ1) is 8.27. The molecular formula is C16H22N+. The molecule has 0 aliphatic heterocycles. The molecule has 1 nitrogen and oxygen atoms in total. The summed E-state index contributed by atoms with van der Waals surface area (Å²) in [5.74, 6) is 0. The molecule has 0 aromatic rings. The van der Waals surface area contributed by atoms with Gasteiger partial charge in [-0.2, -0.15) is 0 Å². The van der Waals surface area contributed by atoms with Gasteiger partial charge in [-0.25, -0.2) is 0 Å². The topological polar surface area (TPSA) is 0 Å². The van der Waals surface area contributed by atoms with Gasteiger partial charge in [-0.3, -0.25) is 0 Å². The van der Waals surface area contributed by atoms with Crippen LogP contribution in [0, 0.1) is 0 Å². The molecule has 17 heavy (non-hydrogen) atoms. The minimum atomic E-state index is 0.617. The predicted octanol–water partition coefficient (Wildman–Crippen LogP) is 3.37. The van der Waals surface area contributed by atoms with Gasteiger partial charge in [0.2, 0.25) is 0 Å². The van der Waals surface area contributed by atoms with Crippen molar-refractivity contribution in [1.29, 1.82) is 0 Å². The third-order valence-corrected chi connectivity index (χ3v) is 5.06. The number of allylic oxidation sites excluding steroid dienone is 5. The maximum Gasteiger partial charge on any atom is 0.135 e. The largest absolute Gasteiger partial charge is 0.315 e. The predicted molar refractivity (Wildman–Crippen MR) is 72.6 cm³/mol. The highest BCUT2D eigenvalue weighted by Crippen LogP contribution is 2.49. The Balaban J connectivity index is 1.94. The van der Waals surface area contributed by atoms with Crippen LogP contribution in [0.4, 0.5) is 0 Å². The van der Waals surface area contributed by atoms with Crippen molar-refractivity contribution in [2.75, 3.05) is 19.6 Å². The molecule has 1 unspecified atom stereocenters. The Bertz CT molecular complexity index is 461. The molecule has 0 saturated carbocycles. The summed E-state index contributed by atoms with van der Waals surface area (Å²) in [7, 11) is 0. The number of nitrogens with zero attached hydrogens (tertiary/aromatic N) is 1. The first kappa shape index (κ1) is 11.0. The van der Waals surface area contributed by atoms with Crippen LogP contribution in [0.5, 0.6) is 0 Å². The molecule has 0 radical (unpaired) electrons. The summed E-state index contributed by atoms with van der Waals surface area (Å²) in [4.78, 5) is 0. The molecular weight excluding hydrogens is 206 g/mol. The second kappa shape index (κ2) is 3.71. The monoisotopic (exact) mass is 228 g/mol. The lowest BCUT2D eigenvalue weighted by Crippen LogP contribution is -2.55. The average Bonchev–Trinajstić information content (AvgIpc) is 2.90. The first-order valence-corrected chi connectivity index (χ1v) is 6.96. The van der Waals surface area contributed by atoms with Crippen LogP contribution in [-0.4, -0.2) is 30.2 Å². The van der Waals surface area contributed by atoms with E-state index in [-0.39, 0.29) is 0 Å². The molecule has 3 aliphatic carbocycles. The van der Waals surface area contributed by atoms with Gasteiger partial charge in [0.15, 0.2) is 0 Å². The van der Waals surface area contributed by atoms with Crippen molar-refractivity contribution >= 4 is 0 Å². The highest BCUT2D eigenvalue weighted by atomic mass is 15.4. The van der Waals surface area contributed by atoms with Crippen LogP contribution in [0.25, 0.3) is 0 Å². The van der Waals surface area contributed by atoms with Gasteiger partial charge in [-0.05, 0) is 50.0 Å². The molecule has 0 fully saturated rings. The second-order valence-electron chi connectivity index (χ2n) is 5.30. The molecule has 0 heterocycles. The van der Waals surface area contributed by atoms with Crippen molar-refractivity contribution in [2.24, 2.45) is 0 Å². The molecule has 0 bridgehead atoms. The molecule has 1 heteroatoms. The fraction of sp³-hybridized carbons (Fsp3) is 0.500. The smallest absolute Gasteiger partial charge is 0.135 e. The number of fused-ring (bicyclic) bond motifs is 2. The Hall–Kier alpha value is -1.08. The lowest BCUT2D eigenvalue weighted by atomic mass is 9.81. The Kier molecular flexibility index (Phi) is 2.41. The van der Waals surface area contributed by atoms with Crippen molar-refractivity contribution in [2.45, 2.75) is 33.2 Å². The van der Waals surface area contributed by atoms with Gasteiger partial charge >= 0.3 is 0 Å². The van der Waals surface area contributed by atoms with Crippen molar-refractivity contribution in [3.63, 3.8) is 0 Å². The van der Waals surface area contributed by atoms with Gasteiger partial charge in [-0.15, -0.1) is 0 Å². The van der Waals surface area contributed by atoms with Gasteiger partial charge in [-0.1, -0.05) is 18.2 Å². The van der Waals surface area contributed by atoms with Crippen molar-refractivity contribution in [3.8, 4) is 0 Å². The van der Waals surface area contributed by atoms with Crippen LogP contribution >= 0.6 is 0 Å². The van der Waals surface area contributed by atoms with Crippen LogP contribution in [-0.2, 0) is 0 Å².